The van der Waals surface area contributed by atoms with E-state index in [9.17, 15) is 0 Å². The minimum absolute atomic E-state index is 0.525. The molecule has 1 atom stereocenters. The first-order chi connectivity index (χ1) is 8.24. The van der Waals surface area contributed by atoms with Crippen LogP contribution in [-0.4, -0.2) is 64.1 Å². The molecule has 17 heavy (non-hydrogen) atoms. The Morgan fingerprint density at radius 1 is 1.12 bits per heavy atom. The molecule has 0 radical (unpaired) electrons. The maximum atomic E-state index is 5.49. The van der Waals surface area contributed by atoms with Gasteiger partial charge in [0.15, 0.2) is 0 Å². The van der Waals surface area contributed by atoms with Gasteiger partial charge in [0.25, 0.3) is 0 Å². The van der Waals surface area contributed by atoms with E-state index in [0.29, 0.717) is 6.04 Å². The Balaban J connectivity index is 3.29. The Bertz CT molecular complexity index is 152. The van der Waals surface area contributed by atoms with Gasteiger partial charge < -0.3 is 19.7 Å². The summed E-state index contributed by atoms with van der Waals surface area (Å²) in [4.78, 5) is 2.43. The number of nitrogens with one attached hydrogen (secondary N) is 1. The lowest BCUT2D eigenvalue weighted by Crippen LogP contribution is -2.40. The third kappa shape index (κ3) is 10.7. The van der Waals surface area contributed by atoms with Crippen molar-refractivity contribution in [3.05, 3.63) is 0 Å². The zero-order valence-corrected chi connectivity index (χ0v) is 12.0. The first kappa shape index (κ1) is 16.8. The average molecular weight is 246 g/mol. The topological polar surface area (TPSA) is 33.7 Å². The highest BCUT2D eigenvalue weighted by Crippen LogP contribution is 1.91. The predicted molar refractivity (Wildman–Crippen MR) is 72.6 cm³/mol. The Labute approximate surface area is 107 Å². The molecule has 1 unspecified atom stereocenters. The van der Waals surface area contributed by atoms with Crippen LogP contribution < -0.4 is 5.32 Å². The number of likely N-dealkylation sites (N-methyl/N-ethyl adjacent to an activating group) is 1. The molecule has 0 saturated heterocycles. The normalized spacial score (nSPS) is 13.2. The van der Waals surface area contributed by atoms with Crippen LogP contribution >= 0.6 is 0 Å². The third-order valence-corrected chi connectivity index (χ3v) is 2.80. The van der Waals surface area contributed by atoms with Crippen LogP contribution in [0.15, 0.2) is 0 Å². The quantitative estimate of drug-likeness (QED) is 0.527. The molecule has 0 spiro atoms. The fraction of sp³-hybridized carbons (Fsp3) is 1.00. The minimum Gasteiger partial charge on any atom is -0.385 e. The van der Waals surface area contributed by atoms with Crippen molar-refractivity contribution in [3.63, 3.8) is 0 Å². The highest BCUT2D eigenvalue weighted by atomic mass is 16.5. The Morgan fingerprint density at radius 2 is 1.82 bits per heavy atom. The van der Waals surface area contributed by atoms with Crippen LogP contribution in [0.5, 0.6) is 0 Å². The van der Waals surface area contributed by atoms with Crippen molar-refractivity contribution in [2.75, 3.05) is 53.1 Å². The SMILES string of the molecule is CCN(CC)CC(C)NCCOCCCOC. The van der Waals surface area contributed by atoms with Crippen molar-refractivity contribution in [1.82, 2.24) is 10.2 Å². The molecule has 4 nitrogen and oxygen atoms in total. The standard InChI is InChI=1S/C13H30N2O2/c1-5-15(6-2)12-13(3)14-8-11-17-10-7-9-16-4/h13-14H,5-12H2,1-4H3. The smallest absolute Gasteiger partial charge is 0.0591 e. The Kier molecular flexibility index (Phi) is 12.2. The molecule has 4 heteroatoms. The van der Waals surface area contributed by atoms with Crippen LogP contribution in [0.25, 0.3) is 0 Å². The highest BCUT2D eigenvalue weighted by Gasteiger charge is 2.05. The number of nitrogens with zero attached hydrogens (tertiary/aromatic N) is 1. The van der Waals surface area contributed by atoms with Gasteiger partial charge in [-0.3, -0.25) is 0 Å². The van der Waals surface area contributed by atoms with Crippen LogP contribution in [0.1, 0.15) is 27.2 Å². The summed E-state index contributed by atoms with van der Waals surface area (Å²) in [5.74, 6) is 0. The van der Waals surface area contributed by atoms with Gasteiger partial charge in [0.2, 0.25) is 0 Å². The molecular formula is C13H30N2O2. The molecule has 0 heterocycles. The number of rotatable bonds is 12. The Morgan fingerprint density at radius 3 is 2.41 bits per heavy atom. The second kappa shape index (κ2) is 12.3. The van der Waals surface area contributed by atoms with E-state index in [4.69, 9.17) is 9.47 Å². The summed E-state index contributed by atoms with van der Waals surface area (Å²) >= 11 is 0. The summed E-state index contributed by atoms with van der Waals surface area (Å²) in [6.07, 6.45) is 0.978. The summed E-state index contributed by atoms with van der Waals surface area (Å²) in [7, 11) is 1.72. The van der Waals surface area contributed by atoms with Crippen LogP contribution in [0.3, 0.4) is 0 Å². The van der Waals surface area contributed by atoms with Gasteiger partial charge in [0.1, 0.15) is 0 Å². The monoisotopic (exact) mass is 246 g/mol. The van der Waals surface area contributed by atoms with E-state index in [-0.39, 0.29) is 0 Å². The third-order valence-electron chi connectivity index (χ3n) is 2.80. The average Bonchev–Trinajstić information content (AvgIpc) is 2.34. The van der Waals surface area contributed by atoms with E-state index >= 15 is 0 Å². The summed E-state index contributed by atoms with van der Waals surface area (Å²) in [6.45, 7) is 13.3. The molecular weight excluding hydrogens is 216 g/mol. The van der Waals surface area contributed by atoms with Gasteiger partial charge in [-0.2, -0.15) is 0 Å². The zero-order valence-electron chi connectivity index (χ0n) is 12.0. The van der Waals surface area contributed by atoms with E-state index < -0.39 is 0 Å². The van der Waals surface area contributed by atoms with Crippen molar-refractivity contribution in [2.45, 2.75) is 33.2 Å². The second-order valence-electron chi connectivity index (χ2n) is 4.30. The molecule has 1 N–H and O–H groups in total. The summed E-state index contributed by atoms with van der Waals surface area (Å²) in [6, 6.07) is 0.525. The van der Waals surface area contributed by atoms with Gasteiger partial charge in [-0.1, -0.05) is 13.8 Å². The van der Waals surface area contributed by atoms with Crippen molar-refractivity contribution in [3.8, 4) is 0 Å². The predicted octanol–water partition coefficient (Wildman–Crippen LogP) is 1.36. The molecule has 104 valence electrons. The first-order valence-electron chi connectivity index (χ1n) is 6.76. The van der Waals surface area contributed by atoms with Gasteiger partial charge in [-0.05, 0) is 26.4 Å². The fourth-order valence-corrected chi connectivity index (χ4v) is 1.72. The molecule has 0 aliphatic carbocycles. The lowest BCUT2D eigenvalue weighted by atomic mass is 10.3. The molecule has 0 aliphatic rings. The van der Waals surface area contributed by atoms with Gasteiger partial charge in [-0.25, -0.2) is 0 Å². The molecule has 0 rings (SSSR count). The van der Waals surface area contributed by atoms with Gasteiger partial charge >= 0.3 is 0 Å². The van der Waals surface area contributed by atoms with E-state index in [1.165, 1.54) is 0 Å². The van der Waals surface area contributed by atoms with Gasteiger partial charge in [-0.15, -0.1) is 0 Å². The lowest BCUT2D eigenvalue weighted by Gasteiger charge is -2.23. The fourth-order valence-electron chi connectivity index (χ4n) is 1.72. The maximum Gasteiger partial charge on any atom is 0.0591 e. The summed E-state index contributed by atoms with van der Waals surface area (Å²) in [5.41, 5.74) is 0. The van der Waals surface area contributed by atoms with E-state index in [1.807, 2.05) is 0 Å². The minimum atomic E-state index is 0.525. The molecule has 0 saturated carbocycles. The molecule has 0 amide bonds. The van der Waals surface area contributed by atoms with Crippen molar-refractivity contribution in [2.24, 2.45) is 0 Å². The number of methoxy groups -OCH3 is 1. The molecule has 0 aromatic carbocycles. The van der Waals surface area contributed by atoms with Crippen LogP contribution in [0.2, 0.25) is 0 Å². The van der Waals surface area contributed by atoms with Crippen molar-refractivity contribution < 1.29 is 9.47 Å². The molecule has 0 aromatic rings. The van der Waals surface area contributed by atoms with Crippen LogP contribution in [0.4, 0.5) is 0 Å². The zero-order chi connectivity index (χ0) is 12.9. The molecule has 0 aromatic heterocycles. The maximum absolute atomic E-state index is 5.49. The van der Waals surface area contributed by atoms with E-state index in [1.54, 1.807) is 7.11 Å². The number of ether oxygens (including phenoxy) is 2. The first-order valence-corrected chi connectivity index (χ1v) is 6.76. The van der Waals surface area contributed by atoms with Crippen LogP contribution in [0, 0.1) is 0 Å². The summed E-state index contributed by atoms with van der Waals surface area (Å²) in [5, 5.41) is 3.47. The molecule has 0 fully saturated rings. The molecule has 0 bridgehead atoms. The number of hydrogen-bond acceptors (Lipinski definition) is 4. The van der Waals surface area contributed by atoms with E-state index in [0.717, 1.165) is 52.4 Å². The number of hydrogen-bond donors (Lipinski definition) is 1. The van der Waals surface area contributed by atoms with Gasteiger partial charge in [0.05, 0.1) is 6.61 Å². The van der Waals surface area contributed by atoms with Gasteiger partial charge in [0, 0.05) is 39.5 Å². The second-order valence-corrected chi connectivity index (χ2v) is 4.30. The Hall–Kier alpha value is -0.160. The molecule has 0 aliphatic heterocycles. The highest BCUT2D eigenvalue weighted by molar-refractivity contribution is 4.65. The van der Waals surface area contributed by atoms with Crippen molar-refractivity contribution in [1.29, 1.82) is 0 Å². The van der Waals surface area contributed by atoms with E-state index in [2.05, 4.69) is 31.0 Å². The summed E-state index contributed by atoms with van der Waals surface area (Å²) < 4.78 is 10.4. The van der Waals surface area contributed by atoms with Crippen molar-refractivity contribution >= 4 is 0 Å². The largest absolute Gasteiger partial charge is 0.385 e. The van der Waals surface area contributed by atoms with Crippen LogP contribution in [-0.2, 0) is 9.47 Å². The lowest BCUT2D eigenvalue weighted by molar-refractivity contribution is 0.102.